The molecule has 126 valence electrons. The number of hydrogen-bond donors (Lipinski definition) is 1. The fraction of sp³-hybridized carbons (Fsp3) is 0.211. The molecule has 0 spiro atoms. The number of hydrogen-bond acceptors (Lipinski definition) is 3. The maximum atomic E-state index is 12.1. The van der Waals surface area contributed by atoms with Crippen molar-refractivity contribution in [1.29, 1.82) is 0 Å². The van der Waals surface area contributed by atoms with Crippen molar-refractivity contribution in [2.75, 3.05) is 18.5 Å². The molecule has 1 N–H and O–H groups in total. The van der Waals surface area contributed by atoms with Crippen molar-refractivity contribution < 1.29 is 14.3 Å². The second kappa shape index (κ2) is 8.41. The van der Waals surface area contributed by atoms with E-state index in [0.29, 0.717) is 28.8 Å². The monoisotopic (exact) mass is 345 g/mol. The highest BCUT2D eigenvalue weighted by atomic mass is 35.5. The van der Waals surface area contributed by atoms with Crippen LogP contribution in [0.1, 0.15) is 12.5 Å². The lowest BCUT2D eigenvalue weighted by Gasteiger charge is -2.13. The fourth-order valence-electron chi connectivity index (χ4n) is 2.00. The third-order valence-corrected chi connectivity index (χ3v) is 3.37. The number of benzene rings is 2. The van der Waals surface area contributed by atoms with E-state index >= 15 is 0 Å². The van der Waals surface area contributed by atoms with Crippen LogP contribution in [0.2, 0.25) is 5.02 Å². The summed E-state index contributed by atoms with van der Waals surface area (Å²) in [5, 5.41) is 3.42. The largest absolute Gasteiger partial charge is 0.487 e. The van der Waals surface area contributed by atoms with Gasteiger partial charge in [-0.15, -0.1) is 0 Å². The molecule has 0 fully saturated rings. The Bertz CT molecular complexity index is 743. The summed E-state index contributed by atoms with van der Waals surface area (Å²) in [4.78, 5) is 12.1. The topological polar surface area (TPSA) is 47.6 Å². The maximum Gasteiger partial charge on any atom is 0.262 e. The van der Waals surface area contributed by atoms with Gasteiger partial charge in [-0.2, -0.15) is 0 Å². The highest BCUT2D eigenvalue weighted by Gasteiger charge is 2.09. The Morgan fingerprint density at radius 3 is 2.54 bits per heavy atom. The number of anilines is 1. The first-order valence-electron chi connectivity index (χ1n) is 7.50. The number of aryl methyl sites for hydroxylation is 1. The van der Waals surface area contributed by atoms with E-state index < -0.39 is 0 Å². The van der Waals surface area contributed by atoms with Crippen LogP contribution >= 0.6 is 11.6 Å². The van der Waals surface area contributed by atoms with Crippen molar-refractivity contribution in [3.8, 4) is 11.5 Å². The van der Waals surface area contributed by atoms with Crippen LogP contribution in [-0.2, 0) is 4.79 Å². The Balaban J connectivity index is 1.96. The molecule has 0 saturated heterocycles. The third kappa shape index (κ3) is 5.32. The van der Waals surface area contributed by atoms with Crippen LogP contribution in [0, 0.1) is 6.92 Å². The van der Waals surface area contributed by atoms with Crippen LogP contribution in [0.4, 0.5) is 5.69 Å². The van der Waals surface area contributed by atoms with Gasteiger partial charge in [-0.05, 0) is 55.3 Å². The predicted octanol–water partition coefficient (Wildman–Crippen LogP) is 4.62. The molecule has 5 heteroatoms. The van der Waals surface area contributed by atoms with E-state index in [2.05, 4.69) is 11.9 Å². The first-order chi connectivity index (χ1) is 11.5. The molecule has 0 aliphatic rings. The van der Waals surface area contributed by atoms with Crippen molar-refractivity contribution in [2.24, 2.45) is 0 Å². The van der Waals surface area contributed by atoms with E-state index in [9.17, 15) is 4.79 Å². The van der Waals surface area contributed by atoms with Gasteiger partial charge in [-0.25, -0.2) is 0 Å². The second-order valence-electron chi connectivity index (χ2n) is 5.49. The SMILES string of the molecule is C=C(C)COc1ccccc1NC(=O)COc1ccc(Cl)cc1C. The minimum atomic E-state index is -0.268. The fourth-order valence-corrected chi connectivity index (χ4v) is 2.23. The van der Waals surface area contributed by atoms with Gasteiger partial charge in [0, 0.05) is 5.02 Å². The Morgan fingerprint density at radius 2 is 1.83 bits per heavy atom. The van der Waals surface area contributed by atoms with Crippen molar-refractivity contribution in [3.63, 3.8) is 0 Å². The Morgan fingerprint density at radius 1 is 1.12 bits per heavy atom. The summed E-state index contributed by atoms with van der Waals surface area (Å²) < 4.78 is 11.2. The van der Waals surface area contributed by atoms with Crippen molar-refractivity contribution in [2.45, 2.75) is 13.8 Å². The molecule has 0 aromatic heterocycles. The molecule has 2 aromatic rings. The average molecular weight is 346 g/mol. The minimum absolute atomic E-state index is 0.0999. The van der Waals surface area contributed by atoms with E-state index in [1.54, 1.807) is 30.3 Å². The molecule has 0 saturated carbocycles. The molecule has 1 amide bonds. The van der Waals surface area contributed by atoms with Crippen LogP contribution in [0.25, 0.3) is 0 Å². The number of rotatable bonds is 7. The van der Waals surface area contributed by atoms with Gasteiger partial charge >= 0.3 is 0 Å². The number of carbonyl (C=O) groups excluding carboxylic acids is 1. The molecule has 24 heavy (non-hydrogen) atoms. The van der Waals surface area contributed by atoms with Gasteiger partial charge in [0.1, 0.15) is 18.1 Å². The number of halogens is 1. The van der Waals surface area contributed by atoms with Gasteiger partial charge in [-0.1, -0.05) is 30.3 Å². The van der Waals surface area contributed by atoms with Crippen molar-refractivity contribution >= 4 is 23.2 Å². The zero-order valence-electron chi connectivity index (χ0n) is 13.8. The molecular weight excluding hydrogens is 326 g/mol. The Hall–Kier alpha value is -2.46. The highest BCUT2D eigenvalue weighted by molar-refractivity contribution is 6.30. The molecule has 0 heterocycles. The lowest BCUT2D eigenvalue weighted by molar-refractivity contribution is -0.118. The van der Waals surface area contributed by atoms with E-state index in [-0.39, 0.29) is 12.5 Å². The second-order valence-corrected chi connectivity index (χ2v) is 5.93. The molecule has 2 aromatic carbocycles. The third-order valence-electron chi connectivity index (χ3n) is 3.13. The minimum Gasteiger partial charge on any atom is -0.487 e. The van der Waals surface area contributed by atoms with Gasteiger partial charge in [-0.3, -0.25) is 4.79 Å². The van der Waals surface area contributed by atoms with Crippen molar-refractivity contribution in [3.05, 3.63) is 65.2 Å². The lowest BCUT2D eigenvalue weighted by atomic mass is 10.2. The van der Waals surface area contributed by atoms with Gasteiger partial charge in [0.05, 0.1) is 5.69 Å². The quantitative estimate of drug-likeness (QED) is 0.745. The first-order valence-corrected chi connectivity index (χ1v) is 7.88. The number of ether oxygens (including phenoxy) is 2. The molecule has 0 aliphatic heterocycles. The molecule has 2 rings (SSSR count). The number of para-hydroxylation sites is 2. The summed E-state index contributed by atoms with van der Waals surface area (Å²) in [7, 11) is 0. The van der Waals surface area contributed by atoms with Gasteiger partial charge in [0.15, 0.2) is 6.61 Å². The van der Waals surface area contributed by atoms with Gasteiger partial charge in [0.2, 0.25) is 0 Å². The van der Waals surface area contributed by atoms with Crippen LogP contribution in [-0.4, -0.2) is 19.1 Å². The smallest absolute Gasteiger partial charge is 0.262 e. The summed E-state index contributed by atoms with van der Waals surface area (Å²) in [6.07, 6.45) is 0. The van der Waals surface area contributed by atoms with Crippen molar-refractivity contribution in [1.82, 2.24) is 0 Å². The summed E-state index contributed by atoms with van der Waals surface area (Å²) in [5.41, 5.74) is 2.37. The van der Waals surface area contributed by atoms with Crippen LogP contribution in [0.3, 0.4) is 0 Å². The molecule has 0 atom stereocenters. The number of nitrogens with one attached hydrogen (secondary N) is 1. The van der Waals surface area contributed by atoms with E-state index in [0.717, 1.165) is 11.1 Å². The zero-order valence-corrected chi connectivity index (χ0v) is 14.5. The molecule has 0 bridgehead atoms. The summed E-state index contributed by atoms with van der Waals surface area (Å²) in [6, 6.07) is 12.5. The molecule has 0 radical (unpaired) electrons. The Kier molecular flexibility index (Phi) is 6.27. The van der Waals surface area contributed by atoms with Crippen LogP contribution in [0.15, 0.2) is 54.6 Å². The summed E-state index contributed by atoms with van der Waals surface area (Å²) in [6.45, 7) is 7.85. The van der Waals surface area contributed by atoms with E-state index in [1.807, 2.05) is 26.0 Å². The molecule has 4 nitrogen and oxygen atoms in total. The van der Waals surface area contributed by atoms with Crippen LogP contribution in [0.5, 0.6) is 11.5 Å². The predicted molar refractivity (Wildman–Crippen MR) is 97.1 cm³/mol. The maximum absolute atomic E-state index is 12.1. The van der Waals surface area contributed by atoms with E-state index in [4.69, 9.17) is 21.1 Å². The van der Waals surface area contributed by atoms with Crippen LogP contribution < -0.4 is 14.8 Å². The summed E-state index contributed by atoms with van der Waals surface area (Å²) >= 11 is 5.90. The van der Waals surface area contributed by atoms with Gasteiger partial charge in [0.25, 0.3) is 5.91 Å². The first kappa shape index (κ1) is 17.9. The lowest BCUT2D eigenvalue weighted by Crippen LogP contribution is -2.21. The normalized spacial score (nSPS) is 10.1. The number of carbonyl (C=O) groups is 1. The molecular formula is C19H20ClNO3. The number of amides is 1. The van der Waals surface area contributed by atoms with E-state index in [1.165, 1.54) is 0 Å². The average Bonchev–Trinajstić information content (AvgIpc) is 2.53. The molecule has 0 aliphatic carbocycles. The highest BCUT2D eigenvalue weighted by Crippen LogP contribution is 2.25. The van der Waals surface area contributed by atoms with Gasteiger partial charge < -0.3 is 14.8 Å². The zero-order chi connectivity index (χ0) is 17.5. The molecule has 0 unspecified atom stereocenters. The standard InChI is InChI=1S/C19H20ClNO3/c1-13(2)11-23-18-7-5-4-6-16(18)21-19(22)12-24-17-9-8-15(20)10-14(17)3/h4-10H,1,11-12H2,2-3H3,(H,21,22). The Labute approximate surface area is 147 Å². The summed E-state index contributed by atoms with van der Waals surface area (Å²) in [5.74, 6) is 0.952.